The largest absolute Gasteiger partial charge is 0.455 e. The van der Waals surface area contributed by atoms with E-state index in [9.17, 15) is 14.4 Å². The van der Waals surface area contributed by atoms with E-state index in [1.165, 1.54) is 28.0 Å². The Balaban J connectivity index is 1.77. The monoisotopic (exact) mass is 425 g/mol. The van der Waals surface area contributed by atoms with Crippen molar-refractivity contribution in [2.24, 2.45) is 0 Å². The van der Waals surface area contributed by atoms with Gasteiger partial charge in [-0.2, -0.15) is 0 Å². The molecule has 3 heterocycles. The molecule has 0 spiro atoms. The van der Waals surface area contributed by atoms with E-state index in [4.69, 9.17) is 9.47 Å². The van der Waals surface area contributed by atoms with Crippen molar-refractivity contribution in [1.29, 1.82) is 0 Å². The summed E-state index contributed by atoms with van der Waals surface area (Å²) in [6.07, 6.45) is 1.74. The molecule has 0 aromatic carbocycles. The fraction of sp³-hybridized carbons (Fsp3) is 0.556. The molecule has 1 fully saturated rings. The van der Waals surface area contributed by atoms with Gasteiger partial charge in [-0.3, -0.25) is 14.5 Å². The number of thiazole rings is 1. The van der Waals surface area contributed by atoms with Crippen LogP contribution in [0.2, 0.25) is 0 Å². The van der Waals surface area contributed by atoms with E-state index < -0.39 is 28.4 Å². The van der Waals surface area contributed by atoms with E-state index in [1.807, 2.05) is 0 Å². The molecule has 8 nitrogen and oxygen atoms in total. The normalized spacial score (nSPS) is 24.5. The Morgan fingerprint density at radius 2 is 2.07 bits per heavy atom. The van der Waals surface area contributed by atoms with E-state index >= 15 is 0 Å². The highest BCUT2D eigenvalue weighted by atomic mass is 32.2. The maximum Gasteiger partial charge on any atom is 0.355 e. The van der Waals surface area contributed by atoms with Crippen LogP contribution in [0.3, 0.4) is 0 Å². The third-order valence-corrected chi connectivity index (χ3v) is 6.53. The molecule has 2 aliphatic heterocycles. The fourth-order valence-corrected chi connectivity index (χ4v) is 4.99. The number of nitrogens with one attached hydrogen (secondary N) is 1. The second-order valence-corrected chi connectivity index (χ2v) is 9.65. The minimum absolute atomic E-state index is 0.111. The summed E-state index contributed by atoms with van der Waals surface area (Å²) in [6.45, 7) is 7.05. The Morgan fingerprint density at radius 3 is 2.64 bits per heavy atom. The number of carbonyl (C=O) groups is 3. The van der Waals surface area contributed by atoms with E-state index in [1.54, 1.807) is 46.4 Å². The van der Waals surface area contributed by atoms with Gasteiger partial charge in [-0.05, 0) is 33.3 Å². The van der Waals surface area contributed by atoms with E-state index in [-0.39, 0.29) is 23.9 Å². The van der Waals surface area contributed by atoms with Gasteiger partial charge in [0.05, 0.1) is 6.42 Å². The van der Waals surface area contributed by atoms with Crippen LogP contribution >= 0.6 is 23.1 Å². The molecule has 28 heavy (non-hydrogen) atoms. The van der Waals surface area contributed by atoms with Gasteiger partial charge in [0.15, 0.2) is 0 Å². The predicted octanol–water partition coefficient (Wildman–Crippen LogP) is 1.67. The summed E-state index contributed by atoms with van der Waals surface area (Å²) in [6, 6.07) is -0.722. The second kappa shape index (κ2) is 7.84. The van der Waals surface area contributed by atoms with Gasteiger partial charge < -0.3 is 14.8 Å². The first-order valence-corrected chi connectivity index (χ1v) is 10.6. The first kappa shape index (κ1) is 20.8. The summed E-state index contributed by atoms with van der Waals surface area (Å²) in [5.74, 6) is -1.19. The van der Waals surface area contributed by atoms with E-state index in [0.717, 1.165) is 0 Å². The lowest BCUT2D eigenvalue weighted by molar-refractivity contribution is -0.159. The van der Waals surface area contributed by atoms with Crippen LogP contribution in [0, 0.1) is 0 Å². The number of amides is 2. The molecule has 0 saturated carbocycles. The quantitative estimate of drug-likeness (QED) is 0.566. The predicted molar refractivity (Wildman–Crippen MR) is 105 cm³/mol. The molecule has 0 unspecified atom stereocenters. The zero-order chi connectivity index (χ0) is 20.6. The number of methoxy groups -OCH3 is 1. The topological polar surface area (TPSA) is 97.8 Å². The number of rotatable bonds is 5. The number of β-lactam (4-membered cyclic amide) rings is 1. The Labute approximate surface area is 171 Å². The number of nitrogens with zero attached hydrogens (tertiary/aromatic N) is 2. The van der Waals surface area contributed by atoms with E-state index in [0.29, 0.717) is 10.6 Å². The summed E-state index contributed by atoms with van der Waals surface area (Å²) < 4.78 is 11.0. The SMILES string of the molecule is CO[C@H]1S[C@H]2[C@@H](NC(=O)Cc3nccs3)C(=O)N2C(C(=O)OC(C)(C)C)=C1C. The van der Waals surface area contributed by atoms with Crippen molar-refractivity contribution >= 4 is 40.9 Å². The Kier molecular flexibility index (Phi) is 5.83. The number of carbonyl (C=O) groups excluding carboxylic acids is 3. The molecule has 1 aromatic rings. The molecule has 3 atom stereocenters. The highest BCUT2D eigenvalue weighted by Crippen LogP contribution is 2.44. The molecular weight excluding hydrogens is 402 g/mol. The molecule has 1 saturated heterocycles. The molecule has 1 N–H and O–H groups in total. The number of fused-ring (bicyclic) bond motifs is 1. The number of aromatic nitrogens is 1. The lowest BCUT2D eigenvalue weighted by Gasteiger charge is -2.51. The van der Waals surface area contributed by atoms with Gasteiger partial charge in [-0.25, -0.2) is 9.78 Å². The van der Waals surface area contributed by atoms with Gasteiger partial charge >= 0.3 is 5.97 Å². The molecule has 1 aromatic heterocycles. The summed E-state index contributed by atoms with van der Waals surface area (Å²) in [7, 11) is 1.54. The fourth-order valence-electron chi connectivity index (χ4n) is 3.02. The third-order valence-electron chi connectivity index (χ3n) is 4.19. The Bertz CT molecular complexity index is 816. The number of hydrogen-bond acceptors (Lipinski definition) is 8. The molecule has 2 amide bonds. The summed E-state index contributed by atoms with van der Waals surface area (Å²) in [4.78, 5) is 43.3. The van der Waals surface area contributed by atoms with Gasteiger partial charge in [-0.15, -0.1) is 11.3 Å². The molecule has 0 bridgehead atoms. The smallest absolute Gasteiger partial charge is 0.355 e. The molecule has 2 aliphatic rings. The highest BCUT2D eigenvalue weighted by Gasteiger charge is 2.56. The number of ether oxygens (including phenoxy) is 2. The molecule has 10 heteroatoms. The van der Waals surface area contributed by atoms with Crippen molar-refractivity contribution in [1.82, 2.24) is 15.2 Å². The number of hydrogen-bond donors (Lipinski definition) is 1. The highest BCUT2D eigenvalue weighted by molar-refractivity contribution is 8.00. The van der Waals surface area contributed by atoms with Crippen LogP contribution in [-0.4, -0.2) is 57.2 Å². The minimum atomic E-state index is -0.722. The van der Waals surface area contributed by atoms with Crippen LogP contribution in [0.1, 0.15) is 32.7 Å². The van der Waals surface area contributed by atoms with Crippen LogP contribution < -0.4 is 5.32 Å². The van der Waals surface area contributed by atoms with Crippen molar-refractivity contribution in [2.75, 3.05) is 7.11 Å². The third kappa shape index (κ3) is 4.08. The summed E-state index contributed by atoms with van der Waals surface area (Å²) in [5.41, 5.74) is -0.280. The second-order valence-electron chi connectivity index (χ2n) is 7.48. The number of thioether (sulfide) groups is 1. The Morgan fingerprint density at radius 1 is 1.36 bits per heavy atom. The van der Waals surface area contributed by atoms with Crippen molar-refractivity contribution in [2.45, 2.75) is 56.6 Å². The maximum atomic E-state index is 12.8. The van der Waals surface area contributed by atoms with E-state index in [2.05, 4.69) is 10.3 Å². The van der Waals surface area contributed by atoms with Crippen molar-refractivity contribution in [3.05, 3.63) is 27.9 Å². The van der Waals surface area contributed by atoms with Crippen LogP contribution in [0.5, 0.6) is 0 Å². The standard InChI is InChI=1S/C18H23N3O5S2/c1-9-13(16(24)26-18(2,3)4)21-14(23)12(15(21)28-17(9)25-5)20-10(22)8-11-19-6-7-27-11/h6-7,12,15,17H,8H2,1-5H3,(H,20,22)/t12-,15-,17-/m0/s1. The molecule has 0 radical (unpaired) electrons. The van der Waals surface area contributed by atoms with Crippen molar-refractivity contribution in [3.63, 3.8) is 0 Å². The lowest BCUT2D eigenvalue weighted by Crippen LogP contribution is -2.71. The average molecular weight is 426 g/mol. The van der Waals surface area contributed by atoms with Crippen molar-refractivity contribution in [3.8, 4) is 0 Å². The van der Waals surface area contributed by atoms with Crippen LogP contribution in [0.25, 0.3) is 0 Å². The summed E-state index contributed by atoms with van der Waals surface area (Å²) >= 11 is 2.76. The number of esters is 1. The maximum absolute atomic E-state index is 12.8. The van der Waals surface area contributed by atoms with Gasteiger partial charge in [-0.1, -0.05) is 11.8 Å². The summed E-state index contributed by atoms with van der Waals surface area (Å²) in [5, 5.41) is 4.80. The average Bonchev–Trinajstić information content (AvgIpc) is 3.10. The van der Waals surface area contributed by atoms with Crippen LogP contribution in [0.4, 0.5) is 0 Å². The zero-order valence-corrected chi connectivity index (χ0v) is 18.0. The zero-order valence-electron chi connectivity index (χ0n) is 16.3. The first-order chi connectivity index (χ1) is 13.1. The van der Waals surface area contributed by atoms with Crippen LogP contribution in [0.15, 0.2) is 22.8 Å². The lowest BCUT2D eigenvalue weighted by atomic mass is 10.0. The molecule has 3 rings (SSSR count). The molecular formula is C18H23N3O5S2. The van der Waals surface area contributed by atoms with Gasteiger partial charge in [0.25, 0.3) is 5.91 Å². The molecule has 152 valence electrons. The minimum Gasteiger partial charge on any atom is -0.455 e. The van der Waals surface area contributed by atoms with Gasteiger partial charge in [0, 0.05) is 18.7 Å². The van der Waals surface area contributed by atoms with Gasteiger partial charge in [0.1, 0.15) is 33.2 Å². The Hall–Kier alpha value is -1.91. The van der Waals surface area contributed by atoms with Crippen LogP contribution in [-0.2, 0) is 30.3 Å². The first-order valence-electron chi connectivity index (χ1n) is 8.75. The molecule has 0 aliphatic carbocycles. The van der Waals surface area contributed by atoms with Crippen molar-refractivity contribution < 1.29 is 23.9 Å². The van der Waals surface area contributed by atoms with Gasteiger partial charge in [0.2, 0.25) is 5.91 Å².